The number of benzene rings is 1. The molecule has 8 heteroatoms. The number of halogens is 2. The summed E-state index contributed by atoms with van der Waals surface area (Å²) in [6.07, 6.45) is 0. The van der Waals surface area contributed by atoms with Crippen molar-refractivity contribution in [1.29, 1.82) is 0 Å². The molecule has 2 heterocycles. The quantitative estimate of drug-likeness (QED) is 0.796. The second-order valence-corrected chi connectivity index (χ2v) is 6.65. The number of sulfonamides is 1. The zero-order valence-corrected chi connectivity index (χ0v) is 11.1. The monoisotopic (exact) mass is 302 g/mol. The molecule has 0 saturated carbocycles. The second-order valence-electron chi connectivity index (χ2n) is 4.06. The molecule has 1 aromatic rings. The number of nitrogens with zero attached hydrogens (tertiary/aromatic N) is 2. The predicted octanol–water partition coefficient (Wildman–Crippen LogP) is 2.01. The summed E-state index contributed by atoms with van der Waals surface area (Å²) in [7, 11) is -3.40. The molecule has 0 radical (unpaired) electrons. The van der Waals surface area contributed by atoms with E-state index in [0.29, 0.717) is 16.4 Å². The average Bonchev–Trinajstić information content (AvgIpc) is 2.74. The van der Waals surface area contributed by atoms with Gasteiger partial charge in [-0.3, -0.25) is 0 Å². The maximum absolute atomic E-state index is 13.2. The van der Waals surface area contributed by atoms with Gasteiger partial charge in [0.2, 0.25) is 0 Å². The Labute approximate surface area is 112 Å². The lowest BCUT2D eigenvalue weighted by Crippen LogP contribution is -2.34. The summed E-state index contributed by atoms with van der Waals surface area (Å²) in [4.78, 5) is 1.69. The zero-order chi connectivity index (χ0) is 13.6. The van der Waals surface area contributed by atoms with Crippen LogP contribution in [0.5, 0.6) is 0 Å². The van der Waals surface area contributed by atoms with Crippen molar-refractivity contribution in [2.45, 2.75) is 0 Å². The Morgan fingerprint density at radius 3 is 2.79 bits per heavy atom. The van der Waals surface area contributed by atoms with Gasteiger partial charge in [-0.15, -0.1) is 4.40 Å². The third kappa shape index (κ3) is 2.25. The van der Waals surface area contributed by atoms with Gasteiger partial charge in [0.05, 0.1) is 11.4 Å². The average molecular weight is 302 g/mol. The molecule has 0 fully saturated rings. The van der Waals surface area contributed by atoms with Gasteiger partial charge in [0.25, 0.3) is 10.0 Å². The van der Waals surface area contributed by atoms with Gasteiger partial charge in [-0.25, -0.2) is 17.2 Å². The molecule has 0 atom stereocenters. The van der Waals surface area contributed by atoms with E-state index in [1.54, 1.807) is 10.3 Å². The molecule has 2 aliphatic heterocycles. The van der Waals surface area contributed by atoms with Gasteiger partial charge in [0, 0.05) is 17.5 Å². The SMILES string of the molecule is O=S1(=O)CCN2C(c3ccc(F)c(F)c3)=CSC2=N1. The first-order valence-electron chi connectivity index (χ1n) is 5.39. The molecular formula is C11H8F2N2O2S2. The van der Waals surface area contributed by atoms with Crippen LogP contribution in [0, 0.1) is 11.6 Å². The Kier molecular flexibility index (Phi) is 2.86. The lowest BCUT2D eigenvalue weighted by Gasteiger charge is -2.25. The summed E-state index contributed by atoms with van der Waals surface area (Å²) in [5.74, 6) is -1.93. The van der Waals surface area contributed by atoms with Crippen LogP contribution in [0.15, 0.2) is 28.0 Å². The van der Waals surface area contributed by atoms with E-state index in [0.717, 1.165) is 23.9 Å². The maximum Gasteiger partial charge on any atom is 0.257 e. The second kappa shape index (κ2) is 4.31. The first-order valence-corrected chi connectivity index (χ1v) is 7.87. The fourth-order valence-electron chi connectivity index (χ4n) is 1.88. The number of fused-ring (bicyclic) bond motifs is 1. The van der Waals surface area contributed by atoms with Crippen molar-refractivity contribution in [3.63, 3.8) is 0 Å². The molecule has 0 aromatic heterocycles. The van der Waals surface area contributed by atoms with Gasteiger partial charge in [0.1, 0.15) is 0 Å². The van der Waals surface area contributed by atoms with Gasteiger partial charge in [-0.1, -0.05) is 11.8 Å². The highest BCUT2D eigenvalue weighted by atomic mass is 32.2. The highest BCUT2D eigenvalue weighted by Gasteiger charge is 2.31. The molecule has 100 valence electrons. The minimum Gasteiger partial charge on any atom is -0.318 e. The van der Waals surface area contributed by atoms with E-state index in [1.165, 1.54) is 6.07 Å². The van der Waals surface area contributed by atoms with Crippen molar-refractivity contribution in [1.82, 2.24) is 4.90 Å². The van der Waals surface area contributed by atoms with E-state index < -0.39 is 21.7 Å². The fourth-order valence-corrected chi connectivity index (χ4v) is 4.03. The molecule has 0 spiro atoms. The summed E-state index contributed by atoms with van der Waals surface area (Å²) in [5, 5.41) is 2.04. The van der Waals surface area contributed by atoms with Crippen LogP contribution in [0.3, 0.4) is 0 Å². The van der Waals surface area contributed by atoms with Crippen LogP contribution in [0.2, 0.25) is 0 Å². The fraction of sp³-hybridized carbons (Fsp3) is 0.182. The standard InChI is InChI=1S/C11H8F2N2O2S2/c12-8-2-1-7(5-9(8)13)10-6-18-11-14-19(16,17)4-3-15(10)11/h1-2,5-6H,3-4H2. The van der Waals surface area contributed by atoms with E-state index >= 15 is 0 Å². The number of hydrogen-bond donors (Lipinski definition) is 0. The van der Waals surface area contributed by atoms with Crippen LogP contribution >= 0.6 is 11.8 Å². The molecule has 0 saturated heterocycles. The molecule has 3 rings (SSSR count). The number of thioether (sulfide) groups is 1. The van der Waals surface area contributed by atoms with Crippen molar-refractivity contribution < 1.29 is 17.2 Å². The van der Waals surface area contributed by atoms with Crippen LogP contribution < -0.4 is 0 Å². The van der Waals surface area contributed by atoms with E-state index in [9.17, 15) is 17.2 Å². The summed E-state index contributed by atoms with van der Waals surface area (Å²) in [6, 6.07) is 3.59. The van der Waals surface area contributed by atoms with Crippen molar-refractivity contribution in [3.8, 4) is 0 Å². The lowest BCUT2D eigenvalue weighted by atomic mass is 10.1. The van der Waals surface area contributed by atoms with Crippen molar-refractivity contribution in [2.24, 2.45) is 4.40 Å². The molecule has 2 aliphatic rings. The van der Waals surface area contributed by atoms with Gasteiger partial charge in [-0.2, -0.15) is 0 Å². The van der Waals surface area contributed by atoms with Crippen LogP contribution in [0.1, 0.15) is 5.56 Å². The molecule has 0 N–H and O–H groups in total. The highest BCUT2D eigenvalue weighted by molar-refractivity contribution is 8.17. The van der Waals surface area contributed by atoms with Crippen molar-refractivity contribution in [3.05, 3.63) is 40.8 Å². The molecule has 0 unspecified atom stereocenters. The third-order valence-corrected chi connectivity index (χ3v) is 4.93. The smallest absolute Gasteiger partial charge is 0.257 e. The Morgan fingerprint density at radius 1 is 1.26 bits per heavy atom. The third-order valence-electron chi connectivity index (χ3n) is 2.80. The Balaban J connectivity index is 1.98. The lowest BCUT2D eigenvalue weighted by molar-refractivity contribution is 0.507. The van der Waals surface area contributed by atoms with Gasteiger partial charge >= 0.3 is 0 Å². The van der Waals surface area contributed by atoms with E-state index in [-0.39, 0.29) is 12.3 Å². The van der Waals surface area contributed by atoms with Crippen molar-refractivity contribution >= 4 is 32.6 Å². The summed E-state index contributed by atoms with van der Waals surface area (Å²) in [6.45, 7) is 0.263. The summed E-state index contributed by atoms with van der Waals surface area (Å²) in [5.41, 5.74) is 1.13. The molecule has 0 aliphatic carbocycles. The van der Waals surface area contributed by atoms with Gasteiger partial charge in [0.15, 0.2) is 16.8 Å². The minimum atomic E-state index is -3.40. The van der Waals surface area contributed by atoms with Gasteiger partial charge < -0.3 is 4.90 Å². The van der Waals surface area contributed by atoms with Crippen LogP contribution in [0.4, 0.5) is 8.78 Å². The number of rotatable bonds is 1. The maximum atomic E-state index is 13.2. The van der Waals surface area contributed by atoms with Crippen LogP contribution in [0.25, 0.3) is 5.70 Å². The normalized spacial score (nSPS) is 20.8. The molecule has 19 heavy (non-hydrogen) atoms. The number of amidine groups is 1. The minimum absolute atomic E-state index is 0.0852. The van der Waals surface area contributed by atoms with Crippen LogP contribution in [-0.2, 0) is 10.0 Å². The molecule has 0 amide bonds. The molecule has 0 bridgehead atoms. The largest absolute Gasteiger partial charge is 0.318 e. The first kappa shape index (κ1) is 12.6. The topological polar surface area (TPSA) is 49.7 Å². The number of hydrogen-bond acceptors (Lipinski definition) is 4. The van der Waals surface area contributed by atoms with Crippen LogP contribution in [-0.4, -0.2) is 30.8 Å². The van der Waals surface area contributed by atoms with Crippen molar-refractivity contribution in [2.75, 3.05) is 12.3 Å². The molecule has 1 aromatic carbocycles. The van der Waals surface area contributed by atoms with E-state index in [2.05, 4.69) is 4.40 Å². The summed E-state index contributed by atoms with van der Waals surface area (Å²) < 4.78 is 52.5. The van der Waals surface area contributed by atoms with Gasteiger partial charge in [-0.05, 0) is 18.2 Å². The Hall–Kier alpha value is -1.41. The molecular weight excluding hydrogens is 294 g/mol. The Morgan fingerprint density at radius 2 is 2.05 bits per heavy atom. The summed E-state index contributed by atoms with van der Waals surface area (Å²) >= 11 is 1.16. The predicted molar refractivity (Wildman–Crippen MR) is 69.9 cm³/mol. The first-order chi connectivity index (χ1) is 8.96. The molecule has 4 nitrogen and oxygen atoms in total. The zero-order valence-electron chi connectivity index (χ0n) is 9.51. The Bertz CT molecular complexity index is 713. The highest BCUT2D eigenvalue weighted by Crippen LogP contribution is 2.35. The van der Waals surface area contributed by atoms with E-state index in [1.807, 2.05) is 0 Å². The van der Waals surface area contributed by atoms with E-state index in [4.69, 9.17) is 0 Å².